The number of hydrogen-bond acceptors (Lipinski definition) is 4. The molecule has 0 spiro atoms. The van der Waals surface area contributed by atoms with E-state index in [-0.39, 0.29) is 5.91 Å². The number of hydrogen-bond donors (Lipinski definition) is 1. The number of carbonyl (C=O) groups is 1. The number of benzene rings is 1. The van der Waals surface area contributed by atoms with Crippen LogP contribution in [0.15, 0.2) is 34.8 Å². The van der Waals surface area contributed by atoms with Gasteiger partial charge in [-0.2, -0.15) is 0 Å². The number of nitrogens with one attached hydrogen (secondary N) is 1. The first-order valence-electron chi connectivity index (χ1n) is 6.88. The normalized spacial score (nSPS) is 14.6. The zero-order chi connectivity index (χ0) is 15.0. The Hall–Kier alpha value is -2.43. The van der Waals surface area contributed by atoms with Crippen LogP contribution >= 0.6 is 0 Å². The van der Waals surface area contributed by atoms with E-state index in [4.69, 9.17) is 9.15 Å². The van der Waals surface area contributed by atoms with Gasteiger partial charge in [-0.1, -0.05) is 12.2 Å². The molecule has 3 rings (SSSR count). The Bertz CT molecular complexity index is 718. The van der Waals surface area contributed by atoms with Crippen LogP contribution in [-0.4, -0.2) is 32.7 Å². The Morgan fingerprint density at radius 1 is 1.52 bits per heavy atom. The van der Waals surface area contributed by atoms with Crippen molar-refractivity contribution in [1.82, 2.24) is 5.32 Å². The molecular formula is C16H18N2O3. The Morgan fingerprint density at radius 3 is 3.05 bits per heavy atom. The molecule has 1 aromatic heterocycles. The quantitative estimate of drug-likeness (QED) is 0.881. The molecule has 5 nitrogen and oxygen atoms in total. The van der Waals surface area contributed by atoms with Gasteiger partial charge in [0, 0.05) is 25.0 Å². The van der Waals surface area contributed by atoms with E-state index in [1.165, 1.54) is 0 Å². The number of amides is 1. The number of ether oxygens (including phenoxy) is 1. The summed E-state index contributed by atoms with van der Waals surface area (Å²) in [5.74, 6) is 0.924. The molecule has 1 aromatic carbocycles. The summed E-state index contributed by atoms with van der Waals surface area (Å²) in [5, 5.41) is 3.75. The molecule has 1 amide bonds. The highest BCUT2D eigenvalue weighted by molar-refractivity contribution is 6.07. The molecule has 0 saturated carbocycles. The van der Waals surface area contributed by atoms with E-state index in [1.807, 2.05) is 25.1 Å². The molecule has 5 heteroatoms. The molecule has 0 radical (unpaired) electrons. The van der Waals surface area contributed by atoms with Gasteiger partial charge in [-0.25, -0.2) is 0 Å². The number of carbonyl (C=O) groups excluding carboxylic acids is 1. The Kier molecular flexibility index (Phi) is 3.33. The molecular weight excluding hydrogens is 268 g/mol. The van der Waals surface area contributed by atoms with E-state index in [0.29, 0.717) is 24.4 Å². The molecule has 21 heavy (non-hydrogen) atoms. The average Bonchev–Trinajstić information content (AvgIpc) is 2.76. The molecule has 1 aliphatic rings. The van der Waals surface area contributed by atoms with Crippen molar-refractivity contribution in [2.24, 2.45) is 0 Å². The highest BCUT2D eigenvalue weighted by Gasteiger charge is 2.27. The summed E-state index contributed by atoms with van der Waals surface area (Å²) in [4.78, 5) is 14.3. The summed E-state index contributed by atoms with van der Waals surface area (Å²) in [6.07, 6.45) is 0. The van der Waals surface area contributed by atoms with Gasteiger partial charge in [-0.3, -0.25) is 4.79 Å². The number of furan rings is 1. The fourth-order valence-corrected chi connectivity index (χ4v) is 2.64. The molecule has 0 aliphatic carbocycles. The molecule has 110 valence electrons. The number of anilines is 1. The second-order valence-electron chi connectivity index (χ2n) is 5.28. The van der Waals surface area contributed by atoms with Gasteiger partial charge in [0.25, 0.3) is 5.91 Å². The molecule has 0 atom stereocenters. The third-order valence-electron chi connectivity index (χ3n) is 3.52. The van der Waals surface area contributed by atoms with Crippen molar-refractivity contribution in [2.45, 2.75) is 6.92 Å². The maximum Gasteiger partial charge on any atom is 0.289 e. The number of methoxy groups -OCH3 is 1. The van der Waals surface area contributed by atoms with Crippen molar-refractivity contribution in [1.29, 1.82) is 0 Å². The first-order chi connectivity index (χ1) is 10.1. The van der Waals surface area contributed by atoms with Gasteiger partial charge >= 0.3 is 0 Å². The fourth-order valence-electron chi connectivity index (χ4n) is 2.64. The first kappa shape index (κ1) is 13.5. The molecule has 1 N–H and O–H groups in total. The molecule has 0 bridgehead atoms. The predicted octanol–water partition coefficient (Wildman–Crippen LogP) is 2.57. The van der Waals surface area contributed by atoms with Crippen LogP contribution in [-0.2, 0) is 0 Å². The minimum Gasteiger partial charge on any atom is -0.497 e. The topological polar surface area (TPSA) is 54.7 Å². The van der Waals surface area contributed by atoms with Crippen LogP contribution in [0, 0.1) is 0 Å². The number of fused-ring (bicyclic) bond motifs is 3. The van der Waals surface area contributed by atoms with Crippen LogP contribution in [0.4, 0.5) is 5.69 Å². The van der Waals surface area contributed by atoms with E-state index in [2.05, 4.69) is 16.8 Å². The maximum absolute atomic E-state index is 12.2. The molecule has 0 fully saturated rings. The Balaban J connectivity index is 2.21. The smallest absolute Gasteiger partial charge is 0.289 e. The Labute approximate surface area is 123 Å². The van der Waals surface area contributed by atoms with Crippen molar-refractivity contribution in [3.63, 3.8) is 0 Å². The minimum absolute atomic E-state index is 0.176. The summed E-state index contributed by atoms with van der Waals surface area (Å²) < 4.78 is 11.0. The van der Waals surface area contributed by atoms with Crippen molar-refractivity contribution < 1.29 is 13.9 Å². The van der Waals surface area contributed by atoms with Crippen LogP contribution in [0.3, 0.4) is 0 Å². The zero-order valence-electron chi connectivity index (χ0n) is 12.2. The van der Waals surface area contributed by atoms with Crippen LogP contribution in [0.2, 0.25) is 0 Å². The monoisotopic (exact) mass is 286 g/mol. The fraction of sp³-hybridized carbons (Fsp3) is 0.312. The zero-order valence-corrected chi connectivity index (χ0v) is 12.2. The predicted molar refractivity (Wildman–Crippen MR) is 82.1 cm³/mol. The van der Waals surface area contributed by atoms with Crippen molar-refractivity contribution in [3.05, 3.63) is 36.1 Å². The molecule has 2 heterocycles. The first-order valence-corrected chi connectivity index (χ1v) is 6.88. The molecule has 0 unspecified atom stereocenters. The van der Waals surface area contributed by atoms with E-state index < -0.39 is 0 Å². The lowest BCUT2D eigenvalue weighted by molar-refractivity contribution is 0.0933. The molecule has 1 aliphatic heterocycles. The van der Waals surface area contributed by atoms with Gasteiger partial charge in [0.15, 0.2) is 0 Å². The summed E-state index contributed by atoms with van der Waals surface area (Å²) in [6, 6.07) is 5.56. The summed E-state index contributed by atoms with van der Waals surface area (Å²) in [6.45, 7) is 7.94. The van der Waals surface area contributed by atoms with Crippen LogP contribution in [0.1, 0.15) is 17.5 Å². The van der Waals surface area contributed by atoms with Gasteiger partial charge in [-0.05, 0) is 25.1 Å². The standard InChI is InChI=1S/C16H18N2O3/c1-10(2)9-18-7-6-17-16(19)15-14(18)12-8-11(20-3)4-5-13(12)21-15/h4-5,8H,1,6-7,9H2,2-3H3,(H,17,19). The lowest BCUT2D eigenvalue weighted by Gasteiger charge is -2.22. The summed E-state index contributed by atoms with van der Waals surface area (Å²) >= 11 is 0. The second kappa shape index (κ2) is 5.16. The van der Waals surface area contributed by atoms with Gasteiger partial charge < -0.3 is 19.4 Å². The van der Waals surface area contributed by atoms with E-state index in [1.54, 1.807) is 7.11 Å². The van der Waals surface area contributed by atoms with Crippen molar-refractivity contribution >= 4 is 22.6 Å². The van der Waals surface area contributed by atoms with Gasteiger partial charge in [-0.15, -0.1) is 0 Å². The highest BCUT2D eigenvalue weighted by Crippen LogP contribution is 2.37. The van der Waals surface area contributed by atoms with Crippen LogP contribution in [0.25, 0.3) is 11.0 Å². The second-order valence-corrected chi connectivity index (χ2v) is 5.28. The highest BCUT2D eigenvalue weighted by atomic mass is 16.5. The average molecular weight is 286 g/mol. The van der Waals surface area contributed by atoms with E-state index >= 15 is 0 Å². The maximum atomic E-state index is 12.2. The Morgan fingerprint density at radius 2 is 2.33 bits per heavy atom. The van der Waals surface area contributed by atoms with Gasteiger partial charge in [0.05, 0.1) is 12.8 Å². The molecule has 2 aromatic rings. The lowest BCUT2D eigenvalue weighted by Crippen LogP contribution is -2.31. The summed E-state index contributed by atoms with van der Waals surface area (Å²) in [7, 11) is 1.62. The van der Waals surface area contributed by atoms with Crippen LogP contribution in [0.5, 0.6) is 5.75 Å². The minimum atomic E-state index is -0.176. The van der Waals surface area contributed by atoms with Crippen molar-refractivity contribution in [3.8, 4) is 5.75 Å². The third kappa shape index (κ3) is 2.35. The van der Waals surface area contributed by atoms with Crippen LogP contribution < -0.4 is 15.0 Å². The van der Waals surface area contributed by atoms with Gasteiger partial charge in [0.1, 0.15) is 11.3 Å². The van der Waals surface area contributed by atoms with Crippen molar-refractivity contribution in [2.75, 3.05) is 31.6 Å². The lowest BCUT2D eigenvalue weighted by atomic mass is 10.1. The summed E-state index contributed by atoms with van der Waals surface area (Å²) in [5.41, 5.74) is 2.54. The molecule has 0 saturated heterocycles. The van der Waals surface area contributed by atoms with E-state index in [0.717, 1.165) is 28.9 Å². The third-order valence-corrected chi connectivity index (χ3v) is 3.52. The largest absolute Gasteiger partial charge is 0.497 e. The number of rotatable bonds is 3. The van der Waals surface area contributed by atoms with Gasteiger partial charge in [0.2, 0.25) is 5.76 Å². The SMILES string of the molecule is C=C(C)CN1CCNC(=O)c2oc3ccc(OC)cc3c21. The van der Waals surface area contributed by atoms with E-state index in [9.17, 15) is 4.79 Å². The number of nitrogens with zero attached hydrogens (tertiary/aromatic N) is 1.